The summed E-state index contributed by atoms with van der Waals surface area (Å²) in [5.41, 5.74) is 2.97. The first-order valence-electron chi connectivity index (χ1n) is 7.51. The first-order valence-corrected chi connectivity index (χ1v) is 7.51. The van der Waals surface area contributed by atoms with Gasteiger partial charge in [0.05, 0.1) is 11.1 Å². The van der Waals surface area contributed by atoms with E-state index >= 15 is 0 Å². The molecule has 116 valence electrons. The molecule has 0 atom stereocenters. The van der Waals surface area contributed by atoms with Gasteiger partial charge in [-0.05, 0) is 41.4 Å². The molecule has 0 radical (unpaired) electrons. The lowest BCUT2D eigenvalue weighted by Crippen LogP contribution is -2.34. The fraction of sp³-hybridized carbons (Fsp3) is 0.611. The molecular weight excluding hydrogens is 262 g/mol. The van der Waals surface area contributed by atoms with E-state index in [0.717, 1.165) is 16.2 Å². The average Bonchev–Trinajstić information content (AvgIpc) is 2.48. The van der Waals surface area contributed by atoms with Crippen LogP contribution in [0.2, 0.25) is 0 Å². The summed E-state index contributed by atoms with van der Waals surface area (Å²) < 4.78 is 0. The Kier molecular flexibility index (Phi) is 3.30. The van der Waals surface area contributed by atoms with Crippen molar-refractivity contribution in [2.24, 2.45) is 0 Å². The molecule has 1 aromatic rings. The molecule has 1 aliphatic rings. The number of benzene rings is 1. The molecule has 0 saturated heterocycles. The minimum Gasteiger partial charge on any atom is -0.281 e. The van der Waals surface area contributed by atoms with Crippen molar-refractivity contribution in [3.8, 4) is 0 Å². The normalized spacial score (nSPS) is 18.1. The largest absolute Gasteiger partial charge is 0.281 e. The van der Waals surface area contributed by atoms with Crippen LogP contribution in [-0.4, -0.2) is 11.1 Å². The van der Waals surface area contributed by atoms with E-state index in [2.05, 4.69) is 53.7 Å². The Morgan fingerprint density at radius 3 is 1.95 bits per heavy atom. The van der Waals surface area contributed by atoms with Crippen LogP contribution in [0.5, 0.6) is 0 Å². The van der Waals surface area contributed by atoms with Crippen molar-refractivity contribution in [3.63, 3.8) is 0 Å². The molecule has 21 heavy (non-hydrogen) atoms. The van der Waals surface area contributed by atoms with Crippen LogP contribution in [-0.2, 0) is 21.0 Å². The fourth-order valence-corrected chi connectivity index (χ4v) is 2.83. The fourth-order valence-electron chi connectivity index (χ4n) is 2.83. The molecule has 1 amide bonds. The Labute approximate surface area is 127 Å². The van der Waals surface area contributed by atoms with Gasteiger partial charge in [0, 0.05) is 0 Å². The lowest BCUT2D eigenvalue weighted by atomic mass is 9.75. The van der Waals surface area contributed by atoms with Gasteiger partial charge < -0.3 is 0 Å². The molecule has 0 saturated carbocycles. The van der Waals surface area contributed by atoms with Gasteiger partial charge >= 0.3 is 0 Å². The van der Waals surface area contributed by atoms with Crippen molar-refractivity contribution >= 4 is 11.6 Å². The third kappa shape index (κ3) is 2.38. The van der Waals surface area contributed by atoms with Gasteiger partial charge in [-0.25, -0.2) is 0 Å². The third-order valence-electron chi connectivity index (χ3n) is 4.40. The highest BCUT2D eigenvalue weighted by atomic mass is 16.5. The van der Waals surface area contributed by atoms with Gasteiger partial charge in [-0.2, -0.15) is 5.06 Å². The van der Waals surface area contributed by atoms with E-state index in [1.54, 1.807) is 0 Å². The monoisotopic (exact) mass is 289 g/mol. The van der Waals surface area contributed by atoms with Gasteiger partial charge in [0.25, 0.3) is 5.91 Å². The summed E-state index contributed by atoms with van der Waals surface area (Å²) in [6.45, 7) is 16.6. The van der Waals surface area contributed by atoms with Gasteiger partial charge in [0.15, 0.2) is 0 Å². The molecule has 1 aliphatic heterocycles. The lowest BCUT2D eigenvalue weighted by Gasteiger charge is -2.29. The highest BCUT2D eigenvalue weighted by Gasteiger charge is 2.46. The number of anilines is 1. The Balaban J connectivity index is 2.86. The Bertz CT molecular complexity index is 601. The zero-order valence-electron chi connectivity index (χ0n) is 14.5. The zero-order chi connectivity index (χ0) is 16.4. The number of hydrogen-bond donors (Lipinski definition) is 1. The average molecular weight is 289 g/mol. The Morgan fingerprint density at radius 2 is 1.52 bits per heavy atom. The van der Waals surface area contributed by atoms with E-state index < -0.39 is 5.41 Å². The van der Waals surface area contributed by atoms with E-state index in [1.165, 1.54) is 5.56 Å². The molecule has 0 aromatic heterocycles. The molecule has 0 aliphatic carbocycles. The minimum atomic E-state index is -0.689. The topological polar surface area (TPSA) is 40.5 Å². The molecule has 2 rings (SSSR count). The van der Waals surface area contributed by atoms with E-state index in [9.17, 15) is 10.0 Å². The Hall–Kier alpha value is -1.35. The minimum absolute atomic E-state index is 0.00294. The number of carbonyl (C=O) groups is 1. The van der Waals surface area contributed by atoms with Gasteiger partial charge in [0.2, 0.25) is 0 Å². The maximum absolute atomic E-state index is 12.4. The highest BCUT2D eigenvalue weighted by Crippen LogP contribution is 2.47. The van der Waals surface area contributed by atoms with Gasteiger partial charge in [0.1, 0.15) is 0 Å². The van der Waals surface area contributed by atoms with E-state index in [-0.39, 0.29) is 16.7 Å². The molecule has 0 bridgehead atoms. The zero-order valence-corrected chi connectivity index (χ0v) is 14.5. The number of nitrogens with zero attached hydrogens (tertiary/aromatic N) is 1. The first-order chi connectivity index (χ1) is 9.28. The van der Waals surface area contributed by atoms with Crippen LogP contribution in [0.1, 0.15) is 72.1 Å². The molecule has 0 unspecified atom stereocenters. The molecule has 0 spiro atoms. The molecule has 3 nitrogen and oxygen atoms in total. The smallest absolute Gasteiger partial charge is 0.260 e. The van der Waals surface area contributed by atoms with Gasteiger partial charge in [-0.3, -0.25) is 10.0 Å². The van der Waals surface area contributed by atoms with Crippen molar-refractivity contribution in [2.75, 3.05) is 5.06 Å². The molecule has 1 N–H and O–H groups in total. The summed E-state index contributed by atoms with van der Waals surface area (Å²) in [4.78, 5) is 12.4. The van der Waals surface area contributed by atoms with Crippen molar-refractivity contribution in [2.45, 2.75) is 71.6 Å². The van der Waals surface area contributed by atoms with E-state index in [1.807, 2.05) is 13.8 Å². The lowest BCUT2D eigenvalue weighted by molar-refractivity contribution is -0.126. The quantitative estimate of drug-likeness (QED) is 0.724. The number of amides is 1. The molecule has 0 fully saturated rings. The second kappa shape index (κ2) is 4.33. The van der Waals surface area contributed by atoms with Crippen LogP contribution >= 0.6 is 0 Å². The van der Waals surface area contributed by atoms with Crippen LogP contribution in [0.4, 0.5) is 5.69 Å². The molecular formula is C18H27NO2. The molecule has 3 heteroatoms. The maximum atomic E-state index is 12.4. The maximum Gasteiger partial charge on any atom is 0.260 e. The second-order valence-electron chi connectivity index (χ2n) is 8.66. The number of hydrogen-bond acceptors (Lipinski definition) is 2. The van der Waals surface area contributed by atoms with Gasteiger partial charge in [-0.1, -0.05) is 53.7 Å². The number of rotatable bonds is 0. The van der Waals surface area contributed by atoms with Crippen LogP contribution in [0, 0.1) is 0 Å². The first kappa shape index (κ1) is 16.0. The second-order valence-corrected chi connectivity index (χ2v) is 8.66. The highest BCUT2D eigenvalue weighted by molar-refractivity contribution is 6.06. The summed E-state index contributed by atoms with van der Waals surface area (Å²) in [6.07, 6.45) is 0. The molecule has 1 aromatic carbocycles. The predicted molar refractivity (Wildman–Crippen MR) is 86.1 cm³/mol. The standard InChI is InChI=1S/C18H27NO2/c1-16(2,3)11-9-12(17(4,5)6)14-13(10-11)18(7,8)15(20)19(14)21/h9-10,21H,1-8H3. The van der Waals surface area contributed by atoms with Crippen LogP contribution in [0.25, 0.3) is 0 Å². The summed E-state index contributed by atoms with van der Waals surface area (Å²) in [5, 5.41) is 11.2. The van der Waals surface area contributed by atoms with Crippen molar-refractivity contribution in [1.29, 1.82) is 0 Å². The summed E-state index contributed by atoms with van der Waals surface area (Å²) in [6, 6.07) is 4.22. The van der Waals surface area contributed by atoms with E-state index in [0.29, 0.717) is 5.69 Å². The van der Waals surface area contributed by atoms with Crippen LogP contribution in [0.15, 0.2) is 12.1 Å². The SMILES string of the molecule is CC(C)(C)c1cc(C(C)(C)C)c2c(c1)C(C)(C)C(=O)N2O. The molecule has 1 heterocycles. The van der Waals surface area contributed by atoms with Crippen molar-refractivity contribution in [3.05, 3.63) is 28.8 Å². The number of hydroxylamine groups is 1. The number of carbonyl (C=O) groups excluding carboxylic acids is 1. The summed E-state index contributed by atoms with van der Waals surface area (Å²) in [7, 11) is 0. The Morgan fingerprint density at radius 1 is 1.00 bits per heavy atom. The van der Waals surface area contributed by atoms with Crippen molar-refractivity contribution in [1.82, 2.24) is 0 Å². The van der Waals surface area contributed by atoms with Gasteiger partial charge in [-0.15, -0.1) is 0 Å². The third-order valence-corrected chi connectivity index (χ3v) is 4.40. The predicted octanol–water partition coefficient (Wildman–Crippen LogP) is 4.30. The van der Waals surface area contributed by atoms with Crippen molar-refractivity contribution < 1.29 is 10.0 Å². The number of fused-ring (bicyclic) bond motifs is 1. The van der Waals surface area contributed by atoms with Crippen LogP contribution in [0.3, 0.4) is 0 Å². The van der Waals surface area contributed by atoms with E-state index in [4.69, 9.17) is 0 Å². The summed E-state index contributed by atoms with van der Waals surface area (Å²) >= 11 is 0. The summed E-state index contributed by atoms with van der Waals surface area (Å²) in [5.74, 6) is -0.256. The van der Waals surface area contributed by atoms with Crippen LogP contribution < -0.4 is 5.06 Å².